The van der Waals surface area contributed by atoms with Crippen molar-refractivity contribution < 1.29 is 5.21 Å². The molecular weight excluding hydrogens is 162 g/mol. The van der Waals surface area contributed by atoms with Crippen molar-refractivity contribution in [1.29, 1.82) is 0 Å². The van der Waals surface area contributed by atoms with Gasteiger partial charge < -0.3 is 5.21 Å². The predicted octanol–water partition coefficient (Wildman–Crippen LogP) is 3.83. The summed E-state index contributed by atoms with van der Waals surface area (Å²) in [6.07, 6.45) is 10.8. The molecule has 0 aromatic heterocycles. The molecule has 0 aromatic rings. The van der Waals surface area contributed by atoms with Gasteiger partial charge in [0, 0.05) is 6.21 Å². The Labute approximate surface area is 82.0 Å². The van der Waals surface area contributed by atoms with Crippen LogP contribution in [0, 0.1) is 5.92 Å². The zero-order valence-electron chi connectivity index (χ0n) is 9.00. The van der Waals surface area contributed by atoms with E-state index in [9.17, 15) is 0 Å². The van der Waals surface area contributed by atoms with Gasteiger partial charge in [-0.15, -0.1) is 5.16 Å². The molecular formula is C11H23NO. The number of nitrogens with zero attached hydrogens (tertiary/aromatic N) is 1. The van der Waals surface area contributed by atoms with E-state index in [0.717, 1.165) is 6.42 Å². The fourth-order valence-corrected chi connectivity index (χ4v) is 1.43. The molecule has 78 valence electrons. The molecule has 0 aliphatic carbocycles. The summed E-state index contributed by atoms with van der Waals surface area (Å²) in [7, 11) is 0. The Morgan fingerprint density at radius 1 is 1.15 bits per heavy atom. The first kappa shape index (κ1) is 12.5. The Hall–Kier alpha value is -0.530. The third-order valence-electron chi connectivity index (χ3n) is 2.33. The molecule has 2 nitrogen and oxygen atoms in total. The van der Waals surface area contributed by atoms with Gasteiger partial charge in [0.1, 0.15) is 0 Å². The Bertz CT molecular complexity index is 123. The second kappa shape index (κ2) is 9.56. The fraction of sp³-hybridized carbons (Fsp3) is 0.909. The highest BCUT2D eigenvalue weighted by molar-refractivity contribution is 5.58. The highest BCUT2D eigenvalue weighted by Gasteiger charge is 1.97. The van der Waals surface area contributed by atoms with Gasteiger partial charge in [0.15, 0.2) is 0 Å². The molecule has 0 aromatic carbocycles. The molecule has 1 N–H and O–H groups in total. The lowest BCUT2D eigenvalue weighted by atomic mass is 10.0. The van der Waals surface area contributed by atoms with E-state index in [-0.39, 0.29) is 0 Å². The van der Waals surface area contributed by atoms with E-state index in [1.165, 1.54) is 38.5 Å². The molecule has 0 spiro atoms. The van der Waals surface area contributed by atoms with Crippen molar-refractivity contribution in [3.8, 4) is 0 Å². The van der Waals surface area contributed by atoms with Crippen LogP contribution in [0.25, 0.3) is 0 Å². The van der Waals surface area contributed by atoms with Crippen LogP contribution in [0.5, 0.6) is 0 Å². The molecule has 0 rings (SSSR count). The molecule has 2 heteroatoms. The molecule has 0 saturated carbocycles. The van der Waals surface area contributed by atoms with Crippen molar-refractivity contribution in [3.05, 3.63) is 0 Å². The smallest absolute Gasteiger partial charge is 0.0464 e. The Morgan fingerprint density at radius 2 is 1.77 bits per heavy atom. The number of hydrogen-bond acceptors (Lipinski definition) is 2. The van der Waals surface area contributed by atoms with Gasteiger partial charge in [0.2, 0.25) is 0 Å². The normalized spacial score (nSPS) is 13.7. The van der Waals surface area contributed by atoms with Crippen molar-refractivity contribution in [3.63, 3.8) is 0 Å². The van der Waals surface area contributed by atoms with Gasteiger partial charge in [-0.3, -0.25) is 0 Å². The van der Waals surface area contributed by atoms with Gasteiger partial charge in [0.25, 0.3) is 0 Å². The molecule has 0 amide bonds. The second-order valence-corrected chi connectivity index (χ2v) is 3.80. The molecule has 1 atom stereocenters. The number of oxime groups is 1. The van der Waals surface area contributed by atoms with Crippen LogP contribution in [0.2, 0.25) is 0 Å². The second-order valence-electron chi connectivity index (χ2n) is 3.80. The zero-order chi connectivity index (χ0) is 9.94. The molecule has 13 heavy (non-hydrogen) atoms. The van der Waals surface area contributed by atoms with Crippen molar-refractivity contribution in [2.75, 3.05) is 0 Å². The highest BCUT2D eigenvalue weighted by atomic mass is 16.4. The first-order valence-corrected chi connectivity index (χ1v) is 5.48. The van der Waals surface area contributed by atoms with Gasteiger partial charge >= 0.3 is 0 Å². The molecule has 0 aliphatic rings. The van der Waals surface area contributed by atoms with Crippen molar-refractivity contribution in [2.45, 2.75) is 58.8 Å². The molecule has 0 heterocycles. The minimum Gasteiger partial charge on any atom is -0.411 e. The first-order valence-electron chi connectivity index (χ1n) is 5.48. The molecule has 0 fully saturated rings. The Morgan fingerprint density at radius 3 is 2.38 bits per heavy atom. The van der Waals surface area contributed by atoms with Crippen LogP contribution >= 0.6 is 0 Å². The monoisotopic (exact) mass is 185 g/mol. The van der Waals surface area contributed by atoms with Crippen LogP contribution in [0.15, 0.2) is 5.16 Å². The summed E-state index contributed by atoms with van der Waals surface area (Å²) in [6, 6.07) is 0. The molecule has 0 aliphatic heterocycles. The third kappa shape index (κ3) is 9.38. The average Bonchev–Trinajstić information content (AvgIpc) is 2.11. The largest absolute Gasteiger partial charge is 0.411 e. The van der Waals surface area contributed by atoms with Crippen molar-refractivity contribution in [1.82, 2.24) is 0 Å². The number of rotatable bonds is 8. The topological polar surface area (TPSA) is 32.6 Å². The minimum atomic E-state index is 0.427. The van der Waals surface area contributed by atoms with E-state index in [0.29, 0.717) is 5.92 Å². The van der Waals surface area contributed by atoms with E-state index >= 15 is 0 Å². The van der Waals surface area contributed by atoms with Gasteiger partial charge in [0.05, 0.1) is 0 Å². The van der Waals surface area contributed by atoms with Crippen LogP contribution in [0.1, 0.15) is 58.8 Å². The maximum atomic E-state index is 8.28. The van der Waals surface area contributed by atoms with Gasteiger partial charge in [-0.05, 0) is 12.3 Å². The van der Waals surface area contributed by atoms with Gasteiger partial charge in [-0.25, -0.2) is 0 Å². The lowest BCUT2D eigenvalue weighted by Gasteiger charge is -2.03. The summed E-state index contributed by atoms with van der Waals surface area (Å²) in [5.74, 6) is 0.427. The van der Waals surface area contributed by atoms with E-state index in [1.807, 2.05) is 0 Å². The van der Waals surface area contributed by atoms with Crippen LogP contribution in [-0.2, 0) is 0 Å². The molecule has 0 bridgehead atoms. The number of hydrogen-bond donors (Lipinski definition) is 1. The molecule has 1 unspecified atom stereocenters. The van der Waals surface area contributed by atoms with Gasteiger partial charge in [-0.2, -0.15) is 0 Å². The summed E-state index contributed by atoms with van der Waals surface area (Å²) in [5, 5.41) is 11.3. The Kier molecular flexibility index (Phi) is 9.17. The van der Waals surface area contributed by atoms with Gasteiger partial charge in [-0.1, -0.05) is 52.4 Å². The minimum absolute atomic E-state index is 0.427. The molecule has 0 saturated heterocycles. The maximum Gasteiger partial charge on any atom is 0.0464 e. The lowest BCUT2D eigenvalue weighted by molar-refractivity contribution is 0.318. The maximum absolute atomic E-state index is 8.28. The van der Waals surface area contributed by atoms with Crippen LogP contribution < -0.4 is 0 Å². The quantitative estimate of drug-likeness (QED) is 0.265. The van der Waals surface area contributed by atoms with E-state index in [2.05, 4.69) is 19.0 Å². The third-order valence-corrected chi connectivity index (χ3v) is 2.33. The summed E-state index contributed by atoms with van der Waals surface area (Å²) in [5.41, 5.74) is 0. The summed E-state index contributed by atoms with van der Waals surface area (Å²) in [6.45, 7) is 4.32. The zero-order valence-corrected chi connectivity index (χ0v) is 9.00. The summed E-state index contributed by atoms with van der Waals surface area (Å²) >= 11 is 0. The summed E-state index contributed by atoms with van der Waals surface area (Å²) in [4.78, 5) is 0. The van der Waals surface area contributed by atoms with Crippen LogP contribution in [-0.4, -0.2) is 11.4 Å². The van der Waals surface area contributed by atoms with Crippen molar-refractivity contribution >= 4 is 6.21 Å². The van der Waals surface area contributed by atoms with E-state index < -0.39 is 0 Å². The fourth-order valence-electron chi connectivity index (χ4n) is 1.43. The van der Waals surface area contributed by atoms with E-state index in [4.69, 9.17) is 5.21 Å². The predicted molar refractivity (Wildman–Crippen MR) is 57.4 cm³/mol. The number of unbranched alkanes of at least 4 members (excludes halogenated alkanes) is 5. The Balaban J connectivity index is 3.06. The molecule has 0 radical (unpaired) electrons. The highest BCUT2D eigenvalue weighted by Crippen LogP contribution is 2.10. The van der Waals surface area contributed by atoms with Crippen LogP contribution in [0.3, 0.4) is 0 Å². The SMILES string of the molecule is CCCCCCCCC(C)C=NO. The van der Waals surface area contributed by atoms with Crippen molar-refractivity contribution in [2.24, 2.45) is 11.1 Å². The lowest BCUT2D eigenvalue weighted by Crippen LogP contribution is -1.95. The van der Waals surface area contributed by atoms with E-state index in [1.54, 1.807) is 6.21 Å². The standard InChI is InChI=1S/C11H23NO/c1-3-4-5-6-7-8-9-11(2)10-12-13/h10-11,13H,3-9H2,1-2H3. The van der Waals surface area contributed by atoms with Crippen LogP contribution in [0.4, 0.5) is 0 Å². The average molecular weight is 185 g/mol. The first-order chi connectivity index (χ1) is 6.31. The summed E-state index contributed by atoms with van der Waals surface area (Å²) < 4.78 is 0.